The average Bonchev–Trinajstić information content (AvgIpc) is 2.33. The summed E-state index contributed by atoms with van der Waals surface area (Å²) in [4.78, 5) is 2.59. The molecule has 2 heteroatoms. The number of hydrogen-bond acceptors (Lipinski definition) is 2. The zero-order chi connectivity index (χ0) is 8.81. The molecule has 0 saturated carbocycles. The van der Waals surface area contributed by atoms with Gasteiger partial charge in [-0.05, 0) is 39.9 Å². The molecule has 12 heavy (non-hydrogen) atoms. The molecule has 1 rings (SSSR count). The molecule has 1 N–H and O–H groups in total. The van der Waals surface area contributed by atoms with E-state index >= 15 is 0 Å². The van der Waals surface area contributed by atoms with Gasteiger partial charge in [0.05, 0.1) is 0 Å². The largest absolute Gasteiger partial charge is 0.316 e. The Balaban J connectivity index is 2.20. The van der Waals surface area contributed by atoms with Crippen molar-refractivity contribution in [3.63, 3.8) is 0 Å². The molecule has 0 spiro atoms. The fraction of sp³-hybridized carbons (Fsp3) is 1.00. The quantitative estimate of drug-likeness (QED) is 0.690. The molecule has 1 atom stereocenters. The lowest BCUT2D eigenvalue weighted by Gasteiger charge is -2.23. The monoisotopic (exact) mass is 170 g/mol. The van der Waals surface area contributed by atoms with Gasteiger partial charge < -0.3 is 10.2 Å². The lowest BCUT2D eigenvalue weighted by Crippen LogP contribution is -2.37. The Kier molecular flexibility index (Phi) is 4.62. The third-order valence-corrected chi connectivity index (χ3v) is 2.72. The maximum absolute atomic E-state index is 3.29. The number of likely N-dealkylation sites (tertiary alicyclic amines) is 1. The second-order valence-corrected chi connectivity index (χ2v) is 3.90. The maximum Gasteiger partial charge on any atom is 0.0163 e. The van der Waals surface area contributed by atoms with Gasteiger partial charge in [0.25, 0.3) is 0 Å². The van der Waals surface area contributed by atoms with Gasteiger partial charge >= 0.3 is 0 Å². The molecule has 1 aliphatic rings. The summed E-state index contributed by atoms with van der Waals surface area (Å²) in [6, 6.07) is 0.642. The van der Waals surface area contributed by atoms with Crippen molar-refractivity contribution in [3.8, 4) is 0 Å². The second kappa shape index (κ2) is 5.55. The predicted octanol–water partition coefficient (Wildman–Crippen LogP) is 1.47. The van der Waals surface area contributed by atoms with Crippen LogP contribution in [0.5, 0.6) is 0 Å². The normalized spacial score (nSPS) is 23.5. The third kappa shape index (κ3) is 3.55. The zero-order valence-electron chi connectivity index (χ0n) is 8.47. The first-order chi connectivity index (χ1) is 5.83. The van der Waals surface area contributed by atoms with Crippen molar-refractivity contribution in [1.29, 1.82) is 0 Å². The van der Waals surface area contributed by atoms with E-state index in [1.165, 1.54) is 45.3 Å². The van der Waals surface area contributed by atoms with Crippen LogP contribution in [0.15, 0.2) is 0 Å². The van der Waals surface area contributed by atoms with E-state index in [1.54, 1.807) is 0 Å². The summed E-state index contributed by atoms with van der Waals surface area (Å²) in [5.74, 6) is 0. The lowest BCUT2D eigenvalue weighted by atomic mass is 10.2. The Morgan fingerprint density at radius 2 is 1.75 bits per heavy atom. The van der Waals surface area contributed by atoms with E-state index < -0.39 is 0 Å². The summed E-state index contributed by atoms with van der Waals surface area (Å²) in [5.41, 5.74) is 0. The van der Waals surface area contributed by atoms with E-state index in [9.17, 15) is 0 Å². The highest BCUT2D eigenvalue weighted by molar-refractivity contribution is 4.68. The van der Waals surface area contributed by atoms with E-state index in [1.807, 2.05) is 7.05 Å². The van der Waals surface area contributed by atoms with Gasteiger partial charge in [-0.15, -0.1) is 0 Å². The first-order valence-electron chi connectivity index (χ1n) is 5.22. The van der Waals surface area contributed by atoms with E-state index in [0.717, 1.165) is 0 Å². The summed E-state index contributed by atoms with van der Waals surface area (Å²) in [7, 11) is 2.04. The molecule has 0 bridgehead atoms. The van der Waals surface area contributed by atoms with Gasteiger partial charge in [0.2, 0.25) is 0 Å². The third-order valence-electron chi connectivity index (χ3n) is 2.72. The van der Waals surface area contributed by atoms with Crippen molar-refractivity contribution in [3.05, 3.63) is 0 Å². The van der Waals surface area contributed by atoms with Gasteiger partial charge in [0, 0.05) is 12.6 Å². The summed E-state index contributed by atoms with van der Waals surface area (Å²) < 4.78 is 0. The maximum atomic E-state index is 3.29. The van der Waals surface area contributed by atoms with Crippen LogP contribution in [0.3, 0.4) is 0 Å². The van der Waals surface area contributed by atoms with Crippen molar-refractivity contribution in [2.24, 2.45) is 0 Å². The van der Waals surface area contributed by atoms with E-state index in [-0.39, 0.29) is 0 Å². The number of hydrogen-bond donors (Lipinski definition) is 1. The molecule has 0 aromatic heterocycles. The fourth-order valence-electron chi connectivity index (χ4n) is 1.80. The van der Waals surface area contributed by atoms with Crippen LogP contribution in [0.25, 0.3) is 0 Å². The Morgan fingerprint density at radius 3 is 2.25 bits per heavy atom. The highest BCUT2D eigenvalue weighted by atomic mass is 15.1. The topological polar surface area (TPSA) is 15.3 Å². The number of likely N-dealkylation sites (N-methyl/N-ethyl adjacent to an activating group) is 1. The molecule has 1 aliphatic heterocycles. The minimum absolute atomic E-state index is 0.642. The van der Waals surface area contributed by atoms with Gasteiger partial charge in [-0.25, -0.2) is 0 Å². The second-order valence-electron chi connectivity index (χ2n) is 3.90. The summed E-state index contributed by atoms with van der Waals surface area (Å²) in [6.07, 6.45) is 5.67. The molecule has 0 amide bonds. The fourth-order valence-corrected chi connectivity index (χ4v) is 1.80. The zero-order valence-corrected chi connectivity index (χ0v) is 8.47. The van der Waals surface area contributed by atoms with Crippen molar-refractivity contribution >= 4 is 0 Å². The summed E-state index contributed by atoms with van der Waals surface area (Å²) >= 11 is 0. The molecule has 0 aromatic carbocycles. The minimum Gasteiger partial charge on any atom is -0.316 e. The highest BCUT2D eigenvalue weighted by Gasteiger charge is 2.10. The van der Waals surface area contributed by atoms with Gasteiger partial charge in [-0.1, -0.05) is 12.8 Å². The highest BCUT2D eigenvalue weighted by Crippen LogP contribution is 2.09. The molecule has 1 saturated heterocycles. The van der Waals surface area contributed by atoms with Crippen LogP contribution in [-0.4, -0.2) is 37.6 Å². The smallest absolute Gasteiger partial charge is 0.0163 e. The Hall–Kier alpha value is -0.0800. The molecule has 2 nitrogen and oxygen atoms in total. The van der Waals surface area contributed by atoms with Crippen molar-refractivity contribution in [2.45, 2.75) is 38.6 Å². The molecule has 0 aliphatic carbocycles. The molecular formula is C10H22N2. The van der Waals surface area contributed by atoms with Gasteiger partial charge in [-0.3, -0.25) is 0 Å². The van der Waals surface area contributed by atoms with Crippen LogP contribution < -0.4 is 5.32 Å². The van der Waals surface area contributed by atoms with Gasteiger partial charge in [0.15, 0.2) is 0 Å². The van der Waals surface area contributed by atoms with Crippen LogP contribution in [0.1, 0.15) is 32.6 Å². The molecular weight excluding hydrogens is 148 g/mol. The van der Waals surface area contributed by atoms with Crippen LogP contribution in [-0.2, 0) is 0 Å². The van der Waals surface area contributed by atoms with E-state index in [4.69, 9.17) is 0 Å². The molecule has 72 valence electrons. The minimum atomic E-state index is 0.642. The van der Waals surface area contributed by atoms with Crippen LogP contribution in [0.2, 0.25) is 0 Å². The molecule has 0 radical (unpaired) electrons. The van der Waals surface area contributed by atoms with Crippen molar-refractivity contribution < 1.29 is 0 Å². The molecule has 0 aromatic rings. The Bertz CT molecular complexity index is 106. The van der Waals surface area contributed by atoms with Gasteiger partial charge in [-0.2, -0.15) is 0 Å². The lowest BCUT2D eigenvalue weighted by molar-refractivity contribution is 0.260. The predicted molar refractivity (Wildman–Crippen MR) is 53.4 cm³/mol. The summed E-state index contributed by atoms with van der Waals surface area (Å²) in [6.45, 7) is 6.10. The number of rotatable bonds is 3. The number of nitrogens with one attached hydrogen (secondary N) is 1. The Morgan fingerprint density at radius 1 is 1.17 bits per heavy atom. The van der Waals surface area contributed by atoms with Crippen molar-refractivity contribution in [2.75, 3.05) is 26.7 Å². The number of nitrogens with zero attached hydrogens (tertiary/aromatic N) is 1. The summed E-state index contributed by atoms with van der Waals surface area (Å²) in [5, 5.41) is 3.29. The van der Waals surface area contributed by atoms with Crippen LogP contribution in [0, 0.1) is 0 Å². The average molecular weight is 170 g/mol. The van der Waals surface area contributed by atoms with E-state index in [2.05, 4.69) is 17.1 Å². The molecule has 1 fully saturated rings. The van der Waals surface area contributed by atoms with Gasteiger partial charge in [0.1, 0.15) is 0 Å². The first-order valence-corrected chi connectivity index (χ1v) is 5.22. The first kappa shape index (κ1) is 10.0. The van der Waals surface area contributed by atoms with Crippen molar-refractivity contribution in [1.82, 2.24) is 10.2 Å². The van der Waals surface area contributed by atoms with Crippen LogP contribution >= 0.6 is 0 Å². The Labute approximate surface area is 76.3 Å². The van der Waals surface area contributed by atoms with Crippen LogP contribution in [0.4, 0.5) is 0 Å². The SMILES string of the molecule is CNC(C)CN1CCCCCC1. The molecule has 1 unspecified atom stereocenters. The molecule has 1 heterocycles. The van der Waals surface area contributed by atoms with E-state index in [0.29, 0.717) is 6.04 Å². The standard InChI is InChI=1S/C10H22N2/c1-10(11-2)9-12-7-5-3-4-6-8-12/h10-11H,3-9H2,1-2H3.